The van der Waals surface area contributed by atoms with Crippen molar-refractivity contribution in [3.05, 3.63) is 88.1 Å². The number of nitrogens with zero attached hydrogens (tertiary/aromatic N) is 9. The molecule has 32 heteroatoms. The van der Waals surface area contributed by atoms with Crippen molar-refractivity contribution in [1.29, 1.82) is 0 Å². The summed E-state index contributed by atoms with van der Waals surface area (Å²) in [6.07, 6.45) is 0. The first-order valence-corrected chi connectivity index (χ1v) is 23.3. The number of aromatic nitrogens is 2. The average Bonchev–Trinajstić information content (AvgIpc) is 3.63. The molecule has 0 bridgehead atoms. The minimum atomic E-state index is -5.24. The van der Waals surface area contributed by atoms with Gasteiger partial charge in [0.1, 0.15) is 73.6 Å². The molecule has 1 heterocycles. The Morgan fingerprint density at radius 2 is 1.23 bits per heavy atom. The first kappa shape index (κ1) is 51.3. The number of azo groups is 3. The van der Waals surface area contributed by atoms with Crippen LogP contribution in [0.2, 0.25) is 0 Å². The number of ether oxygens (including phenoxy) is 3. The molecule has 0 saturated heterocycles. The Bertz CT molecular complexity index is 3550. The molecule has 0 aliphatic carbocycles. The van der Waals surface area contributed by atoms with Crippen LogP contribution < -0.4 is 14.2 Å². The van der Waals surface area contributed by atoms with Gasteiger partial charge in [0.2, 0.25) is 11.6 Å². The molecule has 0 spiro atoms. The van der Waals surface area contributed by atoms with Crippen molar-refractivity contribution in [1.82, 2.24) is 9.78 Å². The van der Waals surface area contributed by atoms with E-state index in [1.165, 1.54) is 19.1 Å². The molecule has 0 fully saturated rings. The topological polar surface area (TPSA) is 444 Å². The average molecular weight is 1030 g/mol. The molecule has 0 amide bonds. The number of non-ortho nitro benzene ring substituents is 1. The number of carbonyl (C=O) groups is 1. The normalized spacial score (nSPS) is 12.4. The summed E-state index contributed by atoms with van der Waals surface area (Å²) in [5.41, 5.74) is -4.82. The van der Waals surface area contributed by atoms with Gasteiger partial charge in [-0.3, -0.25) is 23.8 Å². The summed E-state index contributed by atoms with van der Waals surface area (Å²) in [5, 5.41) is 89.8. The number of carboxylic acids is 1. The van der Waals surface area contributed by atoms with E-state index in [0.29, 0.717) is 10.7 Å². The molecule has 1 aromatic heterocycles. The number of methoxy groups -OCH3 is 1. The fraction of sp³-hybridized carbons (Fsp3) is 0.158. The van der Waals surface area contributed by atoms with Gasteiger partial charge < -0.3 is 39.7 Å². The van der Waals surface area contributed by atoms with Gasteiger partial charge in [-0.15, -0.1) is 30.7 Å². The second-order valence-electron chi connectivity index (χ2n) is 13.9. The van der Waals surface area contributed by atoms with Crippen molar-refractivity contribution in [3.8, 4) is 34.6 Å². The van der Waals surface area contributed by atoms with Crippen LogP contribution in [0.15, 0.2) is 112 Å². The van der Waals surface area contributed by atoms with Crippen LogP contribution in [0.5, 0.6) is 28.9 Å². The second-order valence-corrected chi connectivity index (χ2v) is 18.0. The number of phenolic OH excluding ortho intramolecular Hbond substituents is 1. The monoisotopic (exact) mass is 1030 g/mol. The lowest BCUT2D eigenvalue weighted by atomic mass is 10.1. The first-order valence-electron chi connectivity index (χ1n) is 19.0. The minimum absolute atomic E-state index is 0.00457. The maximum Gasteiger partial charge on any atom is 0.358 e. The molecule has 0 saturated carbocycles. The number of hydrogen-bond donors (Lipinski definition) is 8. The Morgan fingerprint density at radius 1 is 0.686 bits per heavy atom. The van der Waals surface area contributed by atoms with Gasteiger partial charge in [-0.2, -0.15) is 35.0 Å². The summed E-state index contributed by atoms with van der Waals surface area (Å²) in [6, 6.07) is 10.8. The predicted octanol–water partition coefficient (Wildman–Crippen LogP) is 6.09. The number of hydrogen-bond acceptors (Lipinski definition) is 23. The van der Waals surface area contributed by atoms with Crippen molar-refractivity contribution in [3.63, 3.8) is 0 Å². The highest BCUT2D eigenvalue weighted by atomic mass is 32.2. The number of phenols is 1. The number of aliphatic hydroxyl groups excluding tert-OH is 2. The SMILES string of the molecule is COc1cc(S(=O)(=O)O)c(C)cc1N=Nc1c(C(=O)O)nn(-c2ccc3cc(S(=O)(=O)O)c(/N=N/c4cc(OCCO)c(/N=N/c5ccc([N+](=O)[O-])cc5S(=O)(=O)O)cc4OCCO)c(O)c3c2)c1O. The van der Waals surface area contributed by atoms with Crippen LogP contribution in [-0.4, -0.2) is 119 Å². The third-order valence-electron chi connectivity index (χ3n) is 9.30. The van der Waals surface area contributed by atoms with E-state index < -0.39 is 122 Å². The van der Waals surface area contributed by atoms with Crippen molar-refractivity contribution in [2.75, 3.05) is 33.5 Å². The fourth-order valence-electron chi connectivity index (χ4n) is 6.20. The molecule has 6 aromatic rings. The number of aryl methyl sites for hydroxylation is 1. The van der Waals surface area contributed by atoms with Crippen LogP contribution in [0.3, 0.4) is 0 Å². The minimum Gasteiger partial charge on any atom is -0.505 e. The van der Waals surface area contributed by atoms with Crippen LogP contribution in [0.25, 0.3) is 16.5 Å². The Hall–Kier alpha value is -8.11. The zero-order chi connectivity index (χ0) is 51.5. The third-order valence-corrected chi connectivity index (χ3v) is 12.0. The van der Waals surface area contributed by atoms with E-state index in [1.807, 2.05) is 0 Å². The fourth-order valence-corrected chi connectivity index (χ4v) is 8.23. The number of carboxylic acid groups (broad SMARTS) is 1. The maximum atomic E-state index is 12.7. The van der Waals surface area contributed by atoms with Gasteiger partial charge in [-0.25, -0.2) is 4.79 Å². The molecule has 0 radical (unpaired) electrons. The molecule has 0 aliphatic rings. The van der Waals surface area contributed by atoms with Gasteiger partial charge in [0, 0.05) is 35.7 Å². The Balaban J connectivity index is 1.47. The molecular weight excluding hydrogens is 999 g/mol. The highest BCUT2D eigenvalue weighted by Gasteiger charge is 2.27. The van der Waals surface area contributed by atoms with Gasteiger partial charge in [0.25, 0.3) is 36.0 Å². The van der Waals surface area contributed by atoms with Crippen LogP contribution in [-0.2, 0) is 30.4 Å². The number of rotatable bonds is 19. The van der Waals surface area contributed by atoms with E-state index in [9.17, 15) is 79.4 Å². The summed E-state index contributed by atoms with van der Waals surface area (Å²) < 4.78 is 119. The van der Waals surface area contributed by atoms with Crippen molar-refractivity contribution in [2.45, 2.75) is 21.6 Å². The number of aromatic hydroxyl groups is 2. The lowest BCUT2D eigenvalue weighted by Gasteiger charge is -2.13. The third kappa shape index (κ3) is 11.1. The van der Waals surface area contributed by atoms with E-state index in [4.69, 9.17) is 14.2 Å². The van der Waals surface area contributed by atoms with Crippen molar-refractivity contribution < 1.29 is 88.4 Å². The Labute approximate surface area is 392 Å². The molecule has 0 unspecified atom stereocenters. The quantitative estimate of drug-likeness (QED) is 0.0197. The highest BCUT2D eigenvalue weighted by Crippen LogP contribution is 2.46. The van der Waals surface area contributed by atoms with Gasteiger partial charge in [-0.05, 0) is 48.2 Å². The summed E-state index contributed by atoms with van der Waals surface area (Å²) in [7, 11) is -13.9. The lowest BCUT2D eigenvalue weighted by molar-refractivity contribution is -0.385. The molecule has 29 nitrogen and oxygen atoms in total. The second kappa shape index (κ2) is 20.2. The molecule has 6 rings (SSSR count). The van der Waals surface area contributed by atoms with Crippen LogP contribution in [0.1, 0.15) is 16.1 Å². The van der Waals surface area contributed by atoms with Gasteiger partial charge in [0.15, 0.2) is 11.4 Å². The number of aliphatic hydroxyl groups is 2. The van der Waals surface area contributed by atoms with Crippen molar-refractivity contribution in [2.24, 2.45) is 30.7 Å². The lowest BCUT2D eigenvalue weighted by Crippen LogP contribution is -2.04. The molecule has 8 N–H and O–H groups in total. The summed E-state index contributed by atoms with van der Waals surface area (Å²) in [6.45, 7) is -0.718. The van der Waals surface area contributed by atoms with Gasteiger partial charge in [-0.1, -0.05) is 6.07 Å². The van der Waals surface area contributed by atoms with Gasteiger partial charge >= 0.3 is 5.97 Å². The molecular formula is C38H33N9O20S3. The van der Waals surface area contributed by atoms with Crippen LogP contribution in [0.4, 0.5) is 39.8 Å². The Morgan fingerprint density at radius 3 is 1.76 bits per heavy atom. The van der Waals surface area contributed by atoms with E-state index in [1.54, 1.807) is 0 Å². The van der Waals surface area contributed by atoms with Crippen LogP contribution in [0, 0.1) is 17.0 Å². The number of benzene rings is 5. The molecule has 70 heavy (non-hydrogen) atoms. The van der Waals surface area contributed by atoms with Crippen LogP contribution >= 0.6 is 0 Å². The summed E-state index contributed by atoms with van der Waals surface area (Å²) in [4.78, 5) is 20.1. The van der Waals surface area contributed by atoms with Gasteiger partial charge in [0.05, 0.1) is 30.9 Å². The van der Waals surface area contributed by atoms with E-state index >= 15 is 0 Å². The number of fused-ring (bicyclic) bond motifs is 1. The zero-order valence-electron chi connectivity index (χ0n) is 35.4. The first-order chi connectivity index (χ1) is 32.9. The standard InChI is InChI=1S/C38H33N9O20S3/c1-18-11-24(27(65-2)17-30(18)68(56,57)58)41-44-34-35(38(52)53)45-46(37(34)51)20-4-3-19-12-32(70(62,63)64)33(36(50)22(19)13-20)43-42-26-16-28(66-9-7-48)25(15-29(26)67-10-8-49)40-39-23-6-5-21(47(54)55)14-31(23)69(59,60)61/h3-6,11-17,48-51H,7-10H2,1-2H3,(H,52,53)(H,56,57,58)(H,59,60,61)(H,62,63,64)/b40-39+,43-42+,44-41?. The summed E-state index contributed by atoms with van der Waals surface area (Å²) in [5.74, 6) is -4.48. The molecule has 0 aliphatic heterocycles. The van der Waals surface area contributed by atoms with E-state index in [2.05, 4.69) is 35.8 Å². The maximum absolute atomic E-state index is 12.7. The number of aromatic carboxylic acids is 1. The number of nitro benzene ring substituents is 1. The smallest absolute Gasteiger partial charge is 0.358 e. The molecule has 0 atom stereocenters. The van der Waals surface area contributed by atoms with E-state index in [-0.39, 0.29) is 56.3 Å². The number of nitro groups is 1. The largest absolute Gasteiger partial charge is 0.505 e. The van der Waals surface area contributed by atoms with E-state index in [0.717, 1.165) is 55.6 Å². The predicted molar refractivity (Wildman–Crippen MR) is 236 cm³/mol. The zero-order valence-corrected chi connectivity index (χ0v) is 37.9. The Kier molecular flexibility index (Phi) is 14.8. The summed E-state index contributed by atoms with van der Waals surface area (Å²) >= 11 is 0. The van der Waals surface area contributed by atoms with Crippen molar-refractivity contribution >= 4 is 86.9 Å². The molecule has 368 valence electrons. The highest BCUT2D eigenvalue weighted by molar-refractivity contribution is 7.86. The molecule has 5 aromatic carbocycles.